The minimum absolute atomic E-state index is 0.0912. The van der Waals surface area contributed by atoms with Crippen LogP contribution in [0.2, 0.25) is 0 Å². The quantitative estimate of drug-likeness (QED) is 0.708. The maximum atomic E-state index is 12.7. The van der Waals surface area contributed by atoms with Crippen LogP contribution in [0, 0.1) is 5.82 Å². The van der Waals surface area contributed by atoms with Gasteiger partial charge in [-0.3, -0.25) is 4.79 Å². The lowest BCUT2D eigenvalue weighted by molar-refractivity contribution is -0.107. The zero-order chi connectivity index (χ0) is 9.68. The Morgan fingerprint density at radius 2 is 2.15 bits per heavy atom. The zero-order valence-corrected chi connectivity index (χ0v) is 6.79. The fourth-order valence-electron chi connectivity index (χ4n) is 1.03. The molecule has 1 aromatic carbocycles. The standard InChI is InChI=1S/C9H8FNO2/c10-8-1-2-9(11-6-13)7(5-8)3-4-12/h1-2,4-6H,3H2,(H,11,13). The van der Waals surface area contributed by atoms with Crippen LogP contribution in [-0.2, 0) is 16.0 Å². The lowest BCUT2D eigenvalue weighted by Gasteiger charge is -2.04. The summed E-state index contributed by atoms with van der Waals surface area (Å²) in [4.78, 5) is 20.3. The van der Waals surface area contributed by atoms with Crippen molar-refractivity contribution in [3.8, 4) is 0 Å². The number of amides is 1. The van der Waals surface area contributed by atoms with E-state index >= 15 is 0 Å². The van der Waals surface area contributed by atoms with Gasteiger partial charge in [0.1, 0.15) is 12.1 Å². The van der Waals surface area contributed by atoms with Crippen molar-refractivity contribution < 1.29 is 14.0 Å². The van der Waals surface area contributed by atoms with Crippen molar-refractivity contribution in [1.82, 2.24) is 0 Å². The number of aldehydes is 1. The molecule has 1 rings (SSSR count). The predicted molar refractivity (Wildman–Crippen MR) is 45.9 cm³/mol. The molecule has 0 saturated heterocycles. The van der Waals surface area contributed by atoms with Gasteiger partial charge in [0.05, 0.1) is 0 Å². The topological polar surface area (TPSA) is 46.2 Å². The molecule has 0 bridgehead atoms. The molecular formula is C9H8FNO2. The largest absolute Gasteiger partial charge is 0.328 e. The van der Waals surface area contributed by atoms with Crippen molar-refractivity contribution in [3.63, 3.8) is 0 Å². The Morgan fingerprint density at radius 3 is 2.77 bits per heavy atom. The number of hydrogen-bond acceptors (Lipinski definition) is 2. The van der Waals surface area contributed by atoms with E-state index < -0.39 is 5.82 Å². The van der Waals surface area contributed by atoms with Gasteiger partial charge in [0.25, 0.3) is 0 Å². The Labute approximate surface area is 74.6 Å². The molecular weight excluding hydrogens is 173 g/mol. The van der Waals surface area contributed by atoms with E-state index in [4.69, 9.17) is 0 Å². The fourth-order valence-corrected chi connectivity index (χ4v) is 1.03. The smallest absolute Gasteiger partial charge is 0.211 e. The average molecular weight is 181 g/mol. The summed E-state index contributed by atoms with van der Waals surface area (Å²) in [6.45, 7) is 0. The molecule has 0 aliphatic heterocycles. The first-order valence-corrected chi connectivity index (χ1v) is 3.70. The van der Waals surface area contributed by atoms with E-state index in [1.807, 2.05) is 0 Å². The second-order valence-electron chi connectivity index (χ2n) is 2.43. The van der Waals surface area contributed by atoms with Crippen LogP contribution in [0.3, 0.4) is 0 Å². The Kier molecular flexibility index (Phi) is 3.14. The van der Waals surface area contributed by atoms with Crippen molar-refractivity contribution in [3.05, 3.63) is 29.6 Å². The first kappa shape index (κ1) is 9.38. The lowest BCUT2D eigenvalue weighted by atomic mass is 10.1. The SMILES string of the molecule is O=CCc1cc(F)ccc1NC=O. The molecule has 0 aliphatic rings. The molecule has 68 valence electrons. The van der Waals surface area contributed by atoms with Crippen LogP contribution in [0.15, 0.2) is 18.2 Å². The van der Waals surface area contributed by atoms with Crippen LogP contribution < -0.4 is 5.32 Å². The van der Waals surface area contributed by atoms with E-state index in [0.29, 0.717) is 23.9 Å². The van der Waals surface area contributed by atoms with Gasteiger partial charge in [-0.05, 0) is 23.8 Å². The van der Waals surface area contributed by atoms with Crippen molar-refractivity contribution in [2.75, 3.05) is 5.32 Å². The molecule has 0 aromatic heterocycles. The first-order valence-electron chi connectivity index (χ1n) is 3.70. The molecule has 13 heavy (non-hydrogen) atoms. The maximum Gasteiger partial charge on any atom is 0.211 e. The normalized spacial score (nSPS) is 9.31. The van der Waals surface area contributed by atoms with E-state index in [2.05, 4.69) is 5.32 Å². The second-order valence-corrected chi connectivity index (χ2v) is 2.43. The number of hydrogen-bond donors (Lipinski definition) is 1. The maximum absolute atomic E-state index is 12.7. The van der Waals surface area contributed by atoms with Crippen LogP contribution in [0.25, 0.3) is 0 Å². The summed E-state index contributed by atoms with van der Waals surface area (Å²) in [6, 6.07) is 3.86. The molecule has 0 heterocycles. The predicted octanol–water partition coefficient (Wildman–Crippen LogP) is 1.14. The van der Waals surface area contributed by atoms with Crippen LogP contribution >= 0.6 is 0 Å². The molecule has 0 atom stereocenters. The number of carbonyl (C=O) groups is 2. The van der Waals surface area contributed by atoms with Gasteiger partial charge in [0.15, 0.2) is 0 Å². The van der Waals surface area contributed by atoms with Gasteiger partial charge in [-0.1, -0.05) is 0 Å². The van der Waals surface area contributed by atoms with Gasteiger partial charge < -0.3 is 10.1 Å². The van der Waals surface area contributed by atoms with Gasteiger partial charge in [-0.25, -0.2) is 4.39 Å². The highest BCUT2D eigenvalue weighted by Crippen LogP contribution is 2.16. The van der Waals surface area contributed by atoms with Crippen LogP contribution in [0.5, 0.6) is 0 Å². The van der Waals surface area contributed by atoms with Crippen molar-refractivity contribution >= 4 is 18.4 Å². The summed E-state index contributed by atoms with van der Waals surface area (Å²) < 4.78 is 12.7. The molecule has 3 nitrogen and oxygen atoms in total. The van der Waals surface area contributed by atoms with Crippen LogP contribution in [0.1, 0.15) is 5.56 Å². The van der Waals surface area contributed by atoms with E-state index in [-0.39, 0.29) is 6.42 Å². The first-order chi connectivity index (χ1) is 6.27. The highest BCUT2D eigenvalue weighted by molar-refractivity contribution is 5.75. The third-order valence-electron chi connectivity index (χ3n) is 1.58. The molecule has 0 aliphatic carbocycles. The molecule has 0 fully saturated rings. The monoisotopic (exact) mass is 181 g/mol. The summed E-state index contributed by atoms with van der Waals surface area (Å²) in [7, 11) is 0. The molecule has 0 spiro atoms. The Morgan fingerprint density at radius 1 is 1.38 bits per heavy atom. The van der Waals surface area contributed by atoms with E-state index in [0.717, 1.165) is 0 Å². The van der Waals surface area contributed by atoms with E-state index in [1.54, 1.807) is 0 Å². The third kappa shape index (κ3) is 2.37. The third-order valence-corrected chi connectivity index (χ3v) is 1.58. The molecule has 1 amide bonds. The summed E-state index contributed by atoms with van der Waals surface area (Å²) in [5, 5.41) is 2.38. The number of carbonyl (C=O) groups excluding carboxylic acids is 2. The number of benzene rings is 1. The summed E-state index contributed by atoms with van der Waals surface area (Å²) in [5.41, 5.74) is 0.936. The minimum Gasteiger partial charge on any atom is -0.328 e. The van der Waals surface area contributed by atoms with Gasteiger partial charge in [0, 0.05) is 12.1 Å². The summed E-state index contributed by atoms with van der Waals surface area (Å²) in [5.74, 6) is -0.423. The number of rotatable bonds is 4. The van der Waals surface area contributed by atoms with E-state index in [9.17, 15) is 14.0 Å². The zero-order valence-electron chi connectivity index (χ0n) is 6.79. The van der Waals surface area contributed by atoms with Gasteiger partial charge in [0.2, 0.25) is 6.41 Å². The van der Waals surface area contributed by atoms with Gasteiger partial charge in [-0.15, -0.1) is 0 Å². The van der Waals surface area contributed by atoms with Crippen molar-refractivity contribution in [2.24, 2.45) is 0 Å². The Balaban J connectivity index is 3.01. The van der Waals surface area contributed by atoms with Gasteiger partial charge in [-0.2, -0.15) is 0 Å². The lowest BCUT2D eigenvalue weighted by Crippen LogP contribution is -2.00. The molecule has 4 heteroatoms. The van der Waals surface area contributed by atoms with Crippen molar-refractivity contribution in [2.45, 2.75) is 6.42 Å². The molecule has 0 saturated carbocycles. The molecule has 1 N–H and O–H groups in total. The highest BCUT2D eigenvalue weighted by Gasteiger charge is 2.02. The molecule has 0 radical (unpaired) electrons. The van der Waals surface area contributed by atoms with Crippen molar-refractivity contribution in [1.29, 1.82) is 0 Å². The second kappa shape index (κ2) is 4.35. The van der Waals surface area contributed by atoms with E-state index in [1.165, 1.54) is 18.2 Å². The Bertz CT molecular complexity index is 325. The van der Waals surface area contributed by atoms with Crippen LogP contribution in [0.4, 0.5) is 10.1 Å². The highest BCUT2D eigenvalue weighted by atomic mass is 19.1. The minimum atomic E-state index is -0.423. The average Bonchev–Trinajstić information content (AvgIpc) is 2.10. The summed E-state index contributed by atoms with van der Waals surface area (Å²) >= 11 is 0. The number of anilines is 1. The van der Waals surface area contributed by atoms with Gasteiger partial charge >= 0.3 is 0 Å². The summed E-state index contributed by atoms with van der Waals surface area (Å²) in [6.07, 6.45) is 1.24. The fraction of sp³-hybridized carbons (Fsp3) is 0.111. The molecule has 1 aromatic rings. The Hall–Kier alpha value is -1.71. The number of nitrogens with one attached hydrogen (secondary N) is 1. The van der Waals surface area contributed by atoms with Crippen LogP contribution in [-0.4, -0.2) is 12.7 Å². The molecule has 0 unspecified atom stereocenters. The number of halogens is 1.